The first-order valence-corrected chi connectivity index (χ1v) is 8.99. The lowest BCUT2D eigenvalue weighted by atomic mass is 10.3. The molecular weight excluding hydrogens is 319 g/mol. The second-order valence-electron chi connectivity index (χ2n) is 3.84. The first-order valence-electron chi connectivity index (χ1n) is 6.26. The van der Waals surface area contributed by atoms with Crippen LogP contribution in [0.25, 0.3) is 0 Å². The SMILES string of the molecule is CC[S+](Sc1ccccc1)c1ccccc1.F[B-](F)(F)F. The van der Waals surface area contributed by atoms with E-state index in [1.54, 1.807) is 0 Å². The van der Waals surface area contributed by atoms with Crippen LogP contribution in [0.15, 0.2) is 70.5 Å². The molecule has 0 aliphatic carbocycles. The fraction of sp³-hybridized carbons (Fsp3) is 0.143. The largest absolute Gasteiger partial charge is 0.673 e. The van der Waals surface area contributed by atoms with Gasteiger partial charge >= 0.3 is 7.25 Å². The van der Waals surface area contributed by atoms with Crippen molar-refractivity contribution in [1.82, 2.24) is 0 Å². The quantitative estimate of drug-likeness (QED) is 0.299. The summed E-state index contributed by atoms with van der Waals surface area (Å²) >= 11 is 0. The summed E-state index contributed by atoms with van der Waals surface area (Å²) in [6.07, 6.45) is 0. The minimum absolute atomic E-state index is 0.271. The Bertz CT molecular complexity index is 499. The van der Waals surface area contributed by atoms with Gasteiger partial charge in [-0.1, -0.05) is 36.4 Å². The summed E-state index contributed by atoms with van der Waals surface area (Å²) in [4.78, 5) is 2.80. The maximum absolute atomic E-state index is 9.75. The van der Waals surface area contributed by atoms with Gasteiger partial charge in [0.1, 0.15) is 16.5 Å². The van der Waals surface area contributed by atoms with E-state index in [9.17, 15) is 17.3 Å². The molecular formula is C14H15BF4S2. The van der Waals surface area contributed by atoms with E-state index in [2.05, 4.69) is 67.6 Å². The highest BCUT2D eigenvalue weighted by atomic mass is 33.1. The molecule has 0 amide bonds. The third-order valence-electron chi connectivity index (χ3n) is 2.21. The maximum atomic E-state index is 9.75. The number of benzene rings is 2. The van der Waals surface area contributed by atoms with Crippen molar-refractivity contribution in [3.05, 3.63) is 60.7 Å². The molecule has 1 unspecified atom stereocenters. The predicted molar refractivity (Wildman–Crippen MR) is 85.1 cm³/mol. The zero-order valence-electron chi connectivity index (χ0n) is 11.4. The van der Waals surface area contributed by atoms with E-state index in [0.717, 1.165) is 0 Å². The molecule has 0 bridgehead atoms. The van der Waals surface area contributed by atoms with Gasteiger partial charge in [-0.25, -0.2) is 0 Å². The number of halogens is 4. The molecule has 0 spiro atoms. The van der Waals surface area contributed by atoms with Crippen molar-refractivity contribution >= 4 is 28.0 Å². The molecule has 1 atom stereocenters. The molecule has 0 nitrogen and oxygen atoms in total. The second-order valence-corrected chi connectivity index (χ2v) is 7.92. The Kier molecular flexibility index (Phi) is 7.74. The molecule has 21 heavy (non-hydrogen) atoms. The summed E-state index contributed by atoms with van der Waals surface area (Å²) in [7, 11) is -3.76. The minimum Gasteiger partial charge on any atom is -0.418 e. The average molecular weight is 334 g/mol. The lowest BCUT2D eigenvalue weighted by molar-refractivity contribution is 0.368. The number of hydrogen-bond acceptors (Lipinski definition) is 1. The first kappa shape index (κ1) is 18.0. The Morgan fingerprint density at radius 1 is 0.857 bits per heavy atom. The maximum Gasteiger partial charge on any atom is 0.673 e. The van der Waals surface area contributed by atoms with E-state index < -0.39 is 7.25 Å². The van der Waals surface area contributed by atoms with Crippen LogP contribution in [0.4, 0.5) is 17.3 Å². The van der Waals surface area contributed by atoms with Crippen LogP contribution < -0.4 is 0 Å². The van der Waals surface area contributed by atoms with Crippen molar-refractivity contribution in [2.45, 2.75) is 16.7 Å². The topological polar surface area (TPSA) is 0 Å². The van der Waals surface area contributed by atoms with E-state index in [-0.39, 0.29) is 9.93 Å². The van der Waals surface area contributed by atoms with Crippen molar-refractivity contribution in [2.24, 2.45) is 0 Å². The van der Waals surface area contributed by atoms with Crippen molar-refractivity contribution in [1.29, 1.82) is 0 Å². The molecule has 0 aliphatic heterocycles. The normalized spacial score (nSPS) is 12.2. The molecule has 0 heterocycles. The van der Waals surface area contributed by atoms with Gasteiger partial charge in [-0.05, 0) is 31.2 Å². The Morgan fingerprint density at radius 2 is 1.29 bits per heavy atom. The Hall–Kier alpha value is -1.08. The summed E-state index contributed by atoms with van der Waals surface area (Å²) in [5, 5.41) is 0. The lowest BCUT2D eigenvalue weighted by Gasteiger charge is -2.03. The third-order valence-corrected chi connectivity index (χ3v) is 6.66. The fourth-order valence-corrected chi connectivity index (χ4v) is 4.95. The van der Waals surface area contributed by atoms with Gasteiger partial charge in [-0.2, -0.15) is 0 Å². The van der Waals surface area contributed by atoms with Gasteiger partial charge in [0.15, 0.2) is 4.90 Å². The highest BCUT2D eigenvalue weighted by Crippen LogP contribution is 2.32. The Balaban J connectivity index is 0.000000383. The zero-order chi connectivity index (χ0) is 15.7. The van der Waals surface area contributed by atoms with Crippen LogP contribution >= 0.6 is 10.8 Å². The molecule has 2 rings (SSSR count). The van der Waals surface area contributed by atoms with E-state index in [0.29, 0.717) is 0 Å². The molecule has 0 saturated carbocycles. The lowest BCUT2D eigenvalue weighted by Crippen LogP contribution is -2.02. The van der Waals surface area contributed by atoms with E-state index in [4.69, 9.17) is 0 Å². The van der Waals surface area contributed by atoms with Gasteiger partial charge in [-0.15, -0.1) is 0 Å². The van der Waals surface area contributed by atoms with Crippen LogP contribution in [0.1, 0.15) is 6.92 Å². The molecule has 0 fully saturated rings. The van der Waals surface area contributed by atoms with Crippen LogP contribution in [0.5, 0.6) is 0 Å². The Morgan fingerprint density at radius 3 is 1.71 bits per heavy atom. The van der Waals surface area contributed by atoms with Crippen LogP contribution in [0.2, 0.25) is 0 Å². The minimum atomic E-state index is -6.00. The molecule has 2 aromatic carbocycles. The second kappa shape index (κ2) is 9.05. The molecule has 7 heteroatoms. The molecule has 0 radical (unpaired) electrons. The van der Waals surface area contributed by atoms with Gasteiger partial charge < -0.3 is 17.3 Å². The van der Waals surface area contributed by atoms with Crippen molar-refractivity contribution in [3.8, 4) is 0 Å². The molecule has 0 N–H and O–H groups in total. The molecule has 2 aromatic rings. The summed E-state index contributed by atoms with van der Waals surface area (Å²) in [6.45, 7) is 2.26. The summed E-state index contributed by atoms with van der Waals surface area (Å²) in [6, 6.07) is 21.4. The zero-order valence-corrected chi connectivity index (χ0v) is 13.0. The van der Waals surface area contributed by atoms with Crippen LogP contribution in [-0.4, -0.2) is 13.0 Å². The van der Waals surface area contributed by atoms with Crippen LogP contribution in [0, 0.1) is 0 Å². The fourth-order valence-electron chi connectivity index (χ4n) is 1.44. The summed E-state index contributed by atoms with van der Waals surface area (Å²) in [5.74, 6) is 1.18. The predicted octanol–water partition coefficient (Wildman–Crippen LogP) is 5.69. The van der Waals surface area contributed by atoms with Crippen molar-refractivity contribution < 1.29 is 17.3 Å². The van der Waals surface area contributed by atoms with Gasteiger partial charge in [0, 0.05) is 0 Å². The highest BCUT2D eigenvalue weighted by molar-refractivity contribution is 8.74. The monoisotopic (exact) mass is 334 g/mol. The van der Waals surface area contributed by atoms with Gasteiger partial charge in [0.25, 0.3) is 0 Å². The number of rotatable bonds is 4. The Labute approximate surface area is 128 Å². The van der Waals surface area contributed by atoms with Crippen LogP contribution in [0.3, 0.4) is 0 Å². The van der Waals surface area contributed by atoms with Crippen molar-refractivity contribution in [2.75, 3.05) is 5.75 Å². The summed E-state index contributed by atoms with van der Waals surface area (Å²) < 4.78 is 39.0. The molecule has 0 aliphatic rings. The molecule has 114 valence electrons. The standard InChI is InChI=1S/C14H15S2.BF4/c1-2-16(14-11-7-4-8-12-14)15-13-9-5-3-6-10-13;2-1(3,4)5/h3-12H,2H2,1H3;/q+1;-1. The van der Waals surface area contributed by atoms with E-state index in [1.807, 2.05) is 10.8 Å². The third kappa shape index (κ3) is 8.73. The van der Waals surface area contributed by atoms with Gasteiger partial charge in [0.05, 0.1) is 14.8 Å². The van der Waals surface area contributed by atoms with Crippen LogP contribution in [-0.2, 0) is 9.93 Å². The average Bonchev–Trinajstić information content (AvgIpc) is 2.45. The van der Waals surface area contributed by atoms with E-state index in [1.165, 1.54) is 15.5 Å². The molecule has 0 saturated heterocycles. The van der Waals surface area contributed by atoms with Gasteiger partial charge in [0.2, 0.25) is 0 Å². The smallest absolute Gasteiger partial charge is 0.418 e. The number of hydrogen-bond donors (Lipinski definition) is 0. The first-order chi connectivity index (χ1) is 9.90. The highest BCUT2D eigenvalue weighted by Gasteiger charge is 2.22. The molecule has 0 aromatic heterocycles. The van der Waals surface area contributed by atoms with Crippen molar-refractivity contribution in [3.63, 3.8) is 0 Å². The van der Waals surface area contributed by atoms with Gasteiger partial charge in [-0.3, -0.25) is 0 Å². The van der Waals surface area contributed by atoms with E-state index >= 15 is 0 Å². The summed E-state index contributed by atoms with van der Waals surface area (Å²) in [5.41, 5.74) is 0.